The number of carbonyl (C=O) groups is 1. The van der Waals surface area contributed by atoms with Gasteiger partial charge in [-0.1, -0.05) is 54.6 Å². The van der Waals surface area contributed by atoms with Gasteiger partial charge in [-0.3, -0.25) is 9.69 Å². The highest BCUT2D eigenvalue weighted by Crippen LogP contribution is 2.33. The highest BCUT2D eigenvalue weighted by atomic mass is 16.2. The molecule has 28 heavy (non-hydrogen) atoms. The van der Waals surface area contributed by atoms with Gasteiger partial charge < -0.3 is 4.90 Å². The molecule has 1 fully saturated rings. The Morgan fingerprint density at radius 3 is 2.46 bits per heavy atom. The molecule has 0 saturated carbocycles. The molecule has 5 rings (SSSR count). The Bertz CT molecular complexity index is 1000. The van der Waals surface area contributed by atoms with Crippen LogP contribution in [0.5, 0.6) is 0 Å². The van der Waals surface area contributed by atoms with Crippen molar-refractivity contribution in [2.75, 3.05) is 26.2 Å². The van der Waals surface area contributed by atoms with E-state index in [1.165, 1.54) is 22.1 Å². The van der Waals surface area contributed by atoms with Crippen LogP contribution in [0, 0.1) is 0 Å². The Hall–Kier alpha value is -2.65. The molecule has 3 nitrogen and oxygen atoms in total. The van der Waals surface area contributed by atoms with Gasteiger partial charge in [-0.2, -0.15) is 0 Å². The molecule has 0 aromatic heterocycles. The number of hydrogen-bond acceptors (Lipinski definition) is 2. The van der Waals surface area contributed by atoms with Crippen molar-refractivity contribution >= 4 is 16.7 Å². The Kier molecular flexibility index (Phi) is 4.61. The van der Waals surface area contributed by atoms with Crippen molar-refractivity contribution in [1.29, 1.82) is 0 Å². The van der Waals surface area contributed by atoms with E-state index in [1.54, 1.807) is 0 Å². The van der Waals surface area contributed by atoms with Crippen molar-refractivity contribution in [2.45, 2.75) is 25.8 Å². The van der Waals surface area contributed by atoms with E-state index in [1.807, 2.05) is 0 Å². The molecule has 0 unspecified atom stereocenters. The summed E-state index contributed by atoms with van der Waals surface area (Å²) in [5.74, 6) is 0.192. The molecule has 1 aliphatic carbocycles. The van der Waals surface area contributed by atoms with Crippen molar-refractivity contribution in [1.82, 2.24) is 9.80 Å². The number of benzene rings is 3. The van der Waals surface area contributed by atoms with Gasteiger partial charge in [0.05, 0.1) is 0 Å². The SMILES string of the molecule is O=C(c1ccc2c3c(cccc13)CC2)N1CCCN(Cc2ccccc2)CC1. The molecule has 3 heteroatoms. The second-order valence-electron chi connectivity index (χ2n) is 8.02. The van der Waals surface area contributed by atoms with E-state index in [0.717, 1.165) is 62.9 Å². The summed E-state index contributed by atoms with van der Waals surface area (Å²) in [6.07, 6.45) is 3.23. The molecule has 2 aliphatic rings. The number of aryl methyl sites for hydroxylation is 2. The molecule has 1 aliphatic heterocycles. The molecule has 0 atom stereocenters. The lowest BCUT2D eigenvalue weighted by Crippen LogP contribution is -2.35. The predicted octanol–water partition coefficient (Wildman–Crippen LogP) is 4.29. The van der Waals surface area contributed by atoms with Gasteiger partial charge in [-0.05, 0) is 52.8 Å². The van der Waals surface area contributed by atoms with E-state index in [2.05, 4.69) is 70.5 Å². The fraction of sp³-hybridized carbons (Fsp3) is 0.320. The van der Waals surface area contributed by atoms with Crippen molar-refractivity contribution in [2.24, 2.45) is 0 Å². The minimum atomic E-state index is 0.192. The normalized spacial score (nSPS) is 17.1. The molecular formula is C25H26N2O. The molecule has 3 aromatic rings. The lowest BCUT2D eigenvalue weighted by atomic mass is 9.99. The van der Waals surface area contributed by atoms with Crippen LogP contribution in [0.1, 0.15) is 33.5 Å². The van der Waals surface area contributed by atoms with Crippen LogP contribution in [-0.4, -0.2) is 41.9 Å². The summed E-state index contributed by atoms with van der Waals surface area (Å²) in [5, 5.41) is 2.47. The van der Waals surface area contributed by atoms with Crippen LogP contribution < -0.4 is 0 Å². The van der Waals surface area contributed by atoms with Gasteiger partial charge in [0.2, 0.25) is 0 Å². The first kappa shape index (κ1) is 17.4. The number of amides is 1. The summed E-state index contributed by atoms with van der Waals surface area (Å²) in [5.41, 5.74) is 5.01. The van der Waals surface area contributed by atoms with Crippen LogP contribution >= 0.6 is 0 Å². The average molecular weight is 370 g/mol. The van der Waals surface area contributed by atoms with Gasteiger partial charge in [0, 0.05) is 38.3 Å². The second-order valence-corrected chi connectivity index (χ2v) is 8.02. The first-order valence-corrected chi connectivity index (χ1v) is 10.4. The third kappa shape index (κ3) is 3.20. The molecule has 1 heterocycles. The third-order valence-corrected chi connectivity index (χ3v) is 6.23. The monoisotopic (exact) mass is 370 g/mol. The van der Waals surface area contributed by atoms with Crippen molar-refractivity contribution < 1.29 is 4.79 Å². The maximum Gasteiger partial charge on any atom is 0.254 e. The lowest BCUT2D eigenvalue weighted by molar-refractivity contribution is 0.0763. The van der Waals surface area contributed by atoms with Crippen LogP contribution in [-0.2, 0) is 19.4 Å². The zero-order valence-electron chi connectivity index (χ0n) is 16.2. The fourth-order valence-corrected chi connectivity index (χ4v) is 4.78. The molecule has 3 aromatic carbocycles. The molecule has 0 bridgehead atoms. The van der Waals surface area contributed by atoms with Crippen LogP contribution in [0.3, 0.4) is 0 Å². The number of hydrogen-bond donors (Lipinski definition) is 0. The molecular weight excluding hydrogens is 344 g/mol. The van der Waals surface area contributed by atoms with E-state index in [-0.39, 0.29) is 5.91 Å². The summed E-state index contributed by atoms with van der Waals surface area (Å²) in [4.78, 5) is 17.9. The average Bonchev–Trinajstić information content (AvgIpc) is 3.01. The molecule has 1 saturated heterocycles. The Labute approximate surface area is 166 Å². The summed E-state index contributed by atoms with van der Waals surface area (Å²) in [6, 6.07) is 21.3. The minimum absolute atomic E-state index is 0.192. The smallest absolute Gasteiger partial charge is 0.254 e. The molecule has 0 radical (unpaired) electrons. The molecule has 142 valence electrons. The van der Waals surface area contributed by atoms with Crippen LogP contribution in [0.15, 0.2) is 60.7 Å². The van der Waals surface area contributed by atoms with Crippen molar-refractivity contribution in [3.8, 4) is 0 Å². The van der Waals surface area contributed by atoms with Crippen LogP contribution in [0.4, 0.5) is 0 Å². The number of rotatable bonds is 3. The quantitative estimate of drug-likeness (QED) is 0.687. The van der Waals surface area contributed by atoms with Gasteiger partial charge in [-0.15, -0.1) is 0 Å². The first-order valence-electron chi connectivity index (χ1n) is 10.4. The summed E-state index contributed by atoms with van der Waals surface area (Å²) in [6.45, 7) is 4.58. The predicted molar refractivity (Wildman–Crippen MR) is 114 cm³/mol. The van der Waals surface area contributed by atoms with Gasteiger partial charge in [0.25, 0.3) is 5.91 Å². The Morgan fingerprint density at radius 1 is 0.786 bits per heavy atom. The van der Waals surface area contributed by atoms with E-state index in [9.17, 15) is 4.79 Å². The van der Waals surface area contributed by atoms with Crippen molar-refractivity contribution in [3.05, 3.63) is 82.9 Å². The highest BCUT2D eigenvalue weighted by Gasteiger charge is 2.24. The summed E-state index contributed by atoms with van der Waals surface area (Å²) < 4.78 is 0. The maximum atomic E-state index is 13.4. The van der Waals surface area contributed by atoms with Crippen LogP contribution in [0.2, 0.25) is 0 Å². The van der Waals surface area contributed by atoms with E-state index < -0.39 is 0 Å². The maximum absolute atomic E-state index is 13.4. The standard InChI is InChI=1S/C25H26N2O/c28-25(23-13-12-21-11-10-20-8-4-9-22(23)24(20)21)27-15-5-14-26(16-17-27)18-19-6-2-1-3-7-19/h1-4,6-9,12-13H,5,10-11,14-18H2. The Morgan fingerprint density at radius 2 is 1.61 bits per heavy atom. The second kappa shape index (κ2) is 7.40. The van der Waals surface area contributed by atoms with E-state index in [4.69, 9.17) is 0 Å². The van der Waals surface area contributed by atoms with E-state index >= 15 is 0 Å². The van der Waals surface area contributed by atoms with Crippen molar-refractivity contribution in [3.63, 3.8) is 0 Å². The highest BCUT2D eigenvalue weighted by molar-refractivity contribution is 6.09. The van der Waals surface area contributed by atoms with Gasteiger partial charge in [0.1, 0.15) is 0 Å². The number of nitrogens with zero attached hydrogens (tertiary/aromatic N) is 2. The minimum Gasteiger partial charge on any atom is -0.337 e. The largest absolute Gasteiger partial charge is 0.337 e. The molecule has 0 spiro atoms. The van der Waals surface area contributed by atoms with E-state index in [0.29, 0.717) is 0 Å². The summed E-state index contributed by atoms with van der Waals surface area (Å²) in [7, 11) is 0. The summed E-state index contributed by atoms with van der Waals surface area (Å²) >= 11 is 0. The zero-order valence-corrected chi connectivity index (χ0v) is 16.2. The topological polar surface area (TPSA) is 23.6 Å². The first-order chi connectivity index (χ1) is 13.8. The fourth-order valence-electron chi connectivity index (χ4n) is 4.78. The van der Waals surface area contributed by atoms with Gasteiger partial charge in [-0.25, -0.2) is 0 Å². The lowest BCUT2D eigenvalue weighted by Gasteiger charge is -2.23. The van der Waals surface area contributed by atoms with Crippen LogP contribution in [0.25, 0.3) is 10.8 Å². The molecule has 0 N–H and O–H groups in total. The van der Waals surface area contributed by atoms with Gasteiger partial charge in [0.15, 0.2) is 0 Å². The zero-order chi connectivity index (χ0) is 18.9. The molecule has 1 amide bonds. The third-order valence-electron chi connectivity index (χ3n) is 6.23. The van der Waals surface area contributed by atoms with Gasteiger partial charge >= 0.3 is 0 Å². The Balaban J connectivity index is 1.35. The number of carbonyl (C=O) groups excluding carboxylic acids is 1.